The van der Waals surface area contributed by atoms with Crippen molar-refractivity contribution in [1.29, 1.82) is 0 Å². The van der Waals surface area contributed by atoms with Crippen molar-refractivity contribution in [2.24, 2.45) is 13.0 Å². The number of para-hydroxylation sites is 1. The summed E-state index contributed by atoms with van der Waals surface area (Å²) in [6, 6.07) is 11.2. The zero-order valence-electron chi connectivity index (χ0n) is 20.6. The number of hydrogen-bond donors (Lipinski definition) is 2. The van der Waals surface area contributed by atoms with Gasteiger partial charge in [0.05, 0.1) is 29.2 Å². The number of fused-ring (bicyclic) bond motifs is 2. The molecule has 38 heavy (non-hydrogen) atoms. The normalized spacial score (nSPS) is 15.8. The molecule has 1 unspecified atom stereocenters. The Balaban J connectivity index is 1.74. The first-order valence-electron chi connectivity index (χ1n) is 11.6. The van der Waals surface area contributed by atoms with Crippen LogP contribution in [-0.2, 0) is 21.8 Å². The van der Waals surface area contributed by atoms with E-state index in [1.165, 1.54) is 30.9 Å². The average molecular weight is 555 g/mol. The lowest BCUT2D eigenvalue weighted by Gasteiger charge is -2.19. The summed E-state index contributed by atoms with van der Waals surface area (Å²) in [6.07, 6.45) is 3.59. The highest BCUT2D eigenvalue weighted by atomic mass is 35.5. The standard InChI is InChI=1S/C26H23ClN4O6S/c1-14-8-11-21(20(12-14)37-3)38(35,36)29-24(32)23-22(17-13-15(27)9-10-19(17)30(23)2)31-25(33)16-6-4-5-7-18(16)28-26(31)34/h4-7,9-14H,8H2,1-3H3,(H,28,34)(H,29,32). The van der Waals surface area contributed by atoms with Crippen LogP contribution in [0.1, 0.15) is 23.8 Å². The monoisotopic (exact) mass is 554 g/mol. The number of aromatic amines is 1. The van der Waals surface area contributed by atoms with Crippen LogP contribution in [0.3, 0.4) is 0 Å². The number of sulfonamides is 1. The molecule has 1 aliphatic carbocycles. The third-order valence-electron chi connectivity index (χ3n) is 6.47. The number of carbonyl (C=O) groups is 1. The summed E-state index contributed by atoms with van der Waals surface area (Å²) in [4.78, 5) is 42.9. The first-order chi connectivity index (χ1) is 18.0. The van der Waals surface area contributed by atoms with Crippen molar-refractivity contribution in [1.82, 2.24) is 18.8 Å². The predicted molar refractivity (Wildman–Crippen MR) is 145 cm³/mol. The molecule has 0 fully saturated rings. The van der Waals surface area contributed by atoms with E-state index in [2.05, 4.69) is 9.71 Å². The van der Waals surface area contributed by atoms with Crippen LogP contribution in [0.2, 0.25) is 5.02 Å². The molecule has 1 atom stereocenters. The van der Waals surface area contributed by atoms with Crippen molar-refractivity contribution in [3.05, 3.63) is 96.8 Å². The van der Waals surface area contributed by atoms with Gasteiger partial charge >= 0.3 is 5.69 Å². The number of amides is 1. The summed E-state index contributed by atoms with van der Waals surface area (Å²) in [5.41, 5.74) is -1.02. The number of allylic oxidation sites excluding steroid dienone is 2. The predicted octanol–water partition coefficient (Wildman–Crippen LogP) is 3.34. The zero-order chi connectivity index (χ0) is 27.4. The summed E-state index contributed by atoms with van der Waals surface area (Å²) in [5, 5.41) is 0.820. The maximum absolute atomic E-state index is 13.7. The second kappa shape index (κ2) is 9.34. The highest BCUT2D eigenvalue weighted by Gasteiger charge is 2.32. The fourth-order valence-electron chi connectivity index (χ4n) is 4.69. The van der Waals surface area contributed by atoms with Crippen LogP contribution in [-0.4, -0.2) is 35.6 Å². The van der Waals surface area contributed by atoms with Crippen molar-refractivity contribution >= 4 is 49.3 Å². The van der Waals surface area contributed by atoms with Gasteiger partial charge in [0, 0.05) is 17.5 Å². The first kappa shape index (κ1) is 25.6. The Morgan fingerprint density at radius 2 is 1.89 bits per heavy atom. The Labute approximate surface area is 221 Å². The molecule has 2 heterocycles. The van der Waals surface area contributed by atoms with E-state index in [0.29, 0.717) is 27.9 Å². The molecule has 0 bridgehead atoms. The molecule has 0 aliphatic heterocycles. The molecule has 10 nitrogen and oxygen atoms in total. The molecule has 0 radical (unpaired) electrons. The molecule has 0 saturated carbocycles. The zero-order valence-corrected chi connectivity index (χ0v) is 22.2. The van der Waals surface area contributed by atoms with Crippen LogP contribution in [0.4, 0.5) is 0 Å². The van der Waals surface area contributed by atoms with Crippen LogP contribution in [0.15, 0.2) is 74.9 Å². The molecular weight excluding hydrogens is 532 g/mol. The van der Waals surface area contributed by atoms with Crippen molar-refractivity contribution < 1.29 is 17.9 Å². The maximum Gasteiger partial charge on any atom is 0.333 e. The largest absolute Gasteiger partial charge is 0.496 e. The molecule has 2 N–H and O–H groups in total. The van der Waals surface area contributed by atoms with Gasteiger partial charge in [0.2, 0.25) is 0 Å². The lowest BCUT2D eigenvalue weighted by molar-refractivity contribution is 0.0974. The SMILES string of the molecule is COC1=CC(C)CC=C1S(=O)(=O)NC(=O)c1c(-n2c(=O)[nH]c3ccccc3c2=O)c2cc(Cl)ccc2n1C. The summed E-state index contributed by atoms with van der Waals surface area (Å²) in [5.74, 6) is -0.861. The van der Waals surface area contributed by atoms with Gasteiger partial charge in [-0.3, -0.25) is 9.59 Å². The third kappa shape index (κ3) is 4.13. The van der Waals surface area contributed by atoms with Crippen LogP contribution in [0.5, 0.6) is 0 Å². The van der Waals surface area contributed by atoms with Crippen molar-refractivity contribution in [3.63, 3.8) is 0 Å². The molecule has 0 saturated heterocycles. The second-order valence-electron chi connectivity index (χ2n) is 8.99. The number of aryl methyl sites for hydroxylation is 1. The fourth-order valence-corrected chi connectivity index (χ4v) is 6.04. The molecule has 2 aromatic carbocycles. The topological polar surface area (TPSA) is 132 Å². The Hall–Kier alpha value is -4.09. The quantitative estimate of drug-likeness (QED) is 0.389. The molecular formula is C26H23ClN4O6S. The van der Waals surface area contributed by atoms with E-state index in [0.717, 1.165) is 4.57 Å². The van der Waals surface area contributed by atoms with Gasteiger partial charge in [0.25, 0.3) is 21.5 Å². The molecule has 4 aromatic rings. The lowest BCUT2D eigenvalue weighted by atomic mass is 10.0. The van der Waals surface area contributed by atoms with Gasteiger partial charge in [-0.15, -0.1) is 0 Å². The van der Waals surface area contributed by atoms with Crippen LogP contribution >= 0.6 is 11.6 Å². The summed E-state index contributed by atoms with van der Waals surface area (Å²) in [6.45, 7) is 1.91. The van der Waals surface area contributed by atoms with E-state index in [-0.39, 0.29) is 33.3 Å². The van der Waals surface area contributed by atoms with Gasteiger partial charge < -0.3 is 14.3 Å². The van der Waals surface area contributed by atoms with E-state index in [1.54, 1.807) is 42.5 Å². The first-order valence-corrected chi connectivity index (χ1v) is 13.5. The number of nitrogens with zero attached hydrogens (tertiary/aromatic N) is 2. The Morgan fingerprint density at radius 1 is 1.16 bits per heavy atom. The molecule has 5 rings (SSSR count). The molecule has 12 heteroatoms. The van der Waals surface area contributed by atoms with E-state index in [1.807, 2.05) is 6.92 Å². The maximum atomic E-state index is 13.7. The van der Waals surface area contributed by atoms with Gasteiger partial charge in [-0.05, 0) is 48.7 Å². The number of halogens is 1. The van der Waals surface area contributed by atoms with Gasteiger partial charge in [-0.2, -0.15) is 0 Å². The minimum absolute atomic E-state index is 0.0561. The molecule has 196 valence electrons. The van der Waals surface area contributed by atoms with Crippen LogP contribution in [0, 0.1) is 5.92 Å². The van der Waals surface area contributed by atoms with E-state index in [4.69, 9.17) is 16.3 Å². The minimum atomic E-state index is -4.38. The van der Waals surface area contributed by atoms with Gasteiger partial charge in [-0.1, -0.05) is 36.7 Å². The average Bonchev–Trinajstić information content (AvgIpc) is 3.14. The smallest absolute Gasteiger partial charge is 0.333 e. The number of hydrogen-bond acceptors (Lipinski definition) is 6. The molecule has 1 amide bonds. The third-order valence-corrected chi connectivity index (χ3v) is 8.11. The summed E-state index contributed by atoms with van der Waals surface area (Å²) >= 11 is 6.24. The highest BCUT2D eigenvalue weighted by molar-refractivity contribution is 7.94. The number of carbonyl (C=O) groups excluding carboxylic acids is 1. The number of nitrogens with one attached hydrogen (secondary N) is 2. The van der Waals surface area contributed by atoms with Gasteiger partial charge in [-0.25, -0.2) is 22.5 Å². The highest BCUT2D eigenvalue weighted by Crippen LogP contribution is 2.31. The molecule has 2 aromatic heterocycles. The summed E-state index contributed by atoms with van der Waals surface area (Å²) < 4.78 is 36.2. The Morgan fingerprint density at radius 3 is 2.63 bits per heavy atom. The van der Waals surface area contributed by atoms with E-state index in [9.17, 15) is 22.8 Å². The van der Waals surface area contributed by atoms with Gasteiger partial charge in [0.15, 0.2) is 0 Å². The number of rotatable bonds is 5. The number of aromatic nitrogens is 3. The minimum Gasteiger partial charge on any atom is -0.496 e. The van der Waals surface area contributed by atoms with Crippen molar-refractivity contribution in [2.75, 3.05) is 7.11 Å². The lowest BCUT2D eigenvalue weighted by Crippen LogP contribution is -2.38. The van der Waals surface area contributed by atoms with Gasteiger partial charge in [0.1, 0.15) is 16.4 Å². The van der Waals surface area contributed by atoms with Crippen molar-refractivity contribution in [3.8, 4) is 5.69 Å². The summed E-state index contributed by atoms with van der Waals surface area (Å²) in [7, 11) is -1.50. The fraction of sp³-hybridized carbons (Fsp3) is 0.192. The van der Waals surface area contributed by atoms with Crippen LogP contribution < -0.4 is 16.0 Å². The molecule has 1 aliphatic rings. The number of methoxy groups -OCH3 is 1. The van der Waals surface area contributed by atoms with Crippen LogP contribution in [0.25, 0.3) is 27.5 Å². The second-order valence-corrected chi connectivity index (χ2v) is 11.1. The Bertz CT molecular complexity index is 1930. The van der Waals surface area contributed by atoms with E-state index < -0.39 is 27.2 Å². The van der Waals surface area contributed by atoms with Crippen molar-refractivity contribution in [2.45, 2.75) is 13.3 Å². The number of benzene rings is 2. The number of ether oxygens (including phenoxy) is 1. The van der Waals surface area contributed by atoms with E-state index >= 15 is 0 Å². The molecule has 0 spiro atoms. The Kier molecular flexibility index (Phi) is 6.28. The number of H-pyrrole nitrogens is 1.